The lowest BCUT2D eigenvalue weighted by Gasteiger charge is -1.99. The SMILES string of the molecule is C/C=C(\C)CCNC(=O)O. The Hall–Kier alpha value is -0.990. The number of carbonyl (C=O) groups is 1. The lowest BCUT2D eigenvalue weighted by Crippen LogP contribution is -2.21. The van der Waals surface area contributed by atoms with Gasteiger partial charge in [-0.25, -0.2) is 4.79 Å². The smallest absolute Gasteiger partial charge is 0.404 e. The van der Waals surface area contributed by atoms with Crippen LogP contribution in [-0.4, -0.2) is 17.7 Å². The molecule has 0 saturated heterocycles. The lowest BCUT2D eigenvalue weighted by molar-refractivity contribution is 0.194. The maximum absolute atomic E-state index is 9.94. The predicted octanol–water partition coefficient (Wildman–Crippen LogP) is 1.61. The third-order valence-corrected chi connectivity index (χ3v) is 1.29. The van der Waals surface area contributed by atoms with Gasteiger partial charge in [-0.2, -0.15) is 0 Å². The van der Waals surface area contributed by atoms with Gasteiger partial charge in [0.15, 0.2) is 0 Å². The first-order chi connectivity index (χ1) is 4.66. The Labute approximate surface area is 60.7 Å². The van der Waals surface area contributed by atoms with Crippen molar-refractivity contribution in [2.75, 3.05) is 6.54 Å². The summed E-state index contributed by atoms with van der Waals surface area (Å²) in [6.07, 6.45) is 1.82. The second-order valence-corrected chi connectivity index (χ2v) is 2.12. The van der Waals surface area contributed by atoms with Crippen molar-refractivity contribution < 1.29 is 9.90 Å². The van der Waals surface area contributed by atoms with E-state index in [1.807, 2.05) is 19.9 Å². The van der Waals surface area contributed by atoms with Crippen LogP contribution in [-0.2, 0) is 0 Å². The highest BCUT2D eigenvalue weighted by atomic mass is 16.4. The van der Waals surface area contributed by atoms with Crippen LogP contribution in [0.15, 0.2) is 11.6 Å². The molecule has 0 spiro atoms. The van der Waals surface area contributed by atoms with Crippen molar-refractivity contribution in [2.45, 2.75) is 20.3 Å². The molecule has 0 bridgehead atoms. The van der Waals surface area contributed by atoms with Gasteiger partial charge in [0.1, 0.15) is 0 Å². The molecule has 3 nitrogen and oxygen atoms in total. The summed E-state index contributed by atoms with van der Waals surface area (Å²) in [7, 11) is 0. The summed E-state index contributed by atoms with van der Waals surface area (Å²) in [5.41, 5.74) is 1.20. The summed E-state index contributed by atoms with van der Waals surface area (Å²) >= 11 is 0. The molecule has 3 heteroatoms. The summed E-state index contributed by atoms with van der Waals surface area (Å²) in [6.45, 7) is 4.42. The van der Waals surface area contributed by atoms with Gasteiger partial charge < -0.3 is 10.4 Å². The fourth-order valence-corrected chi connectivity index (χ4v) is 0.511. The third kappa shape index (κ3) is 5.15. The minimum Gasteiger partial charge on any atom is -0.465 e. The molecular weight excluding hydrogens is 130 g/mol. The summed E-state index contributed by atoms with van der Waals surface area (Å²) in [4.78, 5) is 9.94. The molecule has 10 heavy (non-hydrogen) atoms. The number of carboxylic acid groups (broad SMARTS) is 1. The minimum absolute atomic E-state index is 0.505. The van der Waals surface area contributed by atoms with E-state index in [-0.39, 0.29) is 0 Å². The zero-order valence-corrected chi connectivity index (χ0v) is 6.35. The van der Waals surface area contributed by atoms with Crippen LogP contribution in [0, 0.1) is 0 Å². The largest absolute Gasteiger partial charge is 0.465 e. The Morgan fingerprint density at radius 2 is 2.30 bits per heavy atom. The van der Waals surface area contributed by atoms with Crippen molar-refractivity contribution in [1.82, 2.24) is 5.32 Å². The highest BCUT2D eigenvalue weighted by Gasteiger charge is 1.92. The molecule has 0 atom stereocenters. The van der Waals surface area contributed by atoms with E-state index in [1.165, 1.54) is 5.57 Å². The molecule has 0 aromatic heterocycles. The van der Waals surface area contributed by atoms with E-state index in [0.29, 0.717) is 6.54 Å². The average Bonchev–Trinajstić information content (AvgIpc) is 1.87. The number of allylic oxidation sites excluding steroid dienone is 1. The van der Waals surface area contributed by atoms with Crippen LogP contribution in [0.1, 0.15) is 20.3 Å². The van der Waals surface area contributed by atoms with Crippen molar-refractivity contribution in [3.63, 3.8) is 0 Å². The van der Waals surface area contributed by atoms with Crippen molar-refractivity contribution in [1.29, 1.82) is 0 Å². The molecular formula is C7H13NO2. The molecule has 0 aliphatic rings. The first-order valence-electron chi connectivity index (χ1n) is 3.25. The Morgan fingerprint density at radius 1 is 1.70 bits per heavy atom. The molecule has 0 aliphatic heterocycles. The van der Waals surface area contributed by atoms with Gasteiger partial charge in [0.2, 0.25) is 0 Å². The number of hydrogen-bond donors (Lipinski definition) is 2. The molecule has 0 heterocycles. The van der Waals surface area contributed by atoms with E-state index in [0.717, 1.165) is 6.42 Å². The van der Waals surface area contributed by atoms with E-state index >= 15 is 0 Å². The molecule has 0 aromatic rings. The van der Waals surface area contributed by atoms with Crippen LogP contribution in [0.4, 0.5) is 4.79 Å². The summed E-state index contributed by atoms with van der Waals surface area (Å²) in [5.74, 6) is 0. The molecule has 0 saturated carbocycles. The molecule has 0 fully saturated rings. The van der Waals surface area contributed by atoms with Gasteiger partial charge in [0, 0.05) is 6.54 Å². The second-order valence-electron chi connectivity index (χ2n) is 2.12. The Bertz CT molecular complexity index is 141. The number of rotatable bonds is 3. The van der Waals surface area contributed by atoms with Crippen molar-refractivity contribution in [3.05, 3.63) is 11.6 Å². The molecule has 2 N–H and O–H groups in total. The number of amides is 1. The highest BCUT2D eigenvalue weighted by Crippen LogP contribution is 1.95. The van der Waals surface area contributed by atoms with E-state index in [9.17, 15) is 4.79 Å². The summed E-state index contributed by atoms with van der Waals surface area (Å²) < 4.78 is 0. The van der Waals surface area contributed by atoms with Gasteiger partial charge in [-0.15, -0.1) is 0 Å². The van der Waals surface area contributed by atoms with Gasteiger partial charge >= 0.3 is 6.09 Å². The monoisotopic (exact) mass is 143 g/mol. The van der Waals surface area contributed by atoms with Crippen LogP contribution >= 0.6 is 0 Å². The first-order valence-corrected chi connectivity index (χ1v) is 3.25. The minimum atomic E-state index is -0.955. The van der Waals surface area contributed by atoms with Crippen LogP contribution in [0.5, 0.6) is 0 Å². The lowest BCUT2D eigenvalue weighted by atomic mass is 10.2. The topological polar surface area (TPSA) is 49.3 Å². The van der Waals surface area contributed by atoms with Crippen LogP contribution in [0.3, 0.4) is 0 Å². The van der Waals surface area contributed by atoms with Crippen molar-refractivity contribution in [2.24, 2.45) is 0 Å². The number of hydrogen-bond acceptors (Lipinski definition) is 1. The zero-order valence-electron chi connectivity index (χ0n) is 6.35. The summed E-state index contributed by atoms with van der Waals surface area (Å²) in [6, 6.07) is 0. The molecule has 0 radical (unpaired) electrons. The highest BCUT2D eigenvalue weighted by molar-refractivity contribution is 5.64. The fraction of sp³-hybridized carbons (Fsp3) is 0.571. The van der Waals surface area contributed by atoms with E-state index in [2.05, 4.69) is 5.32 Å². The van der Waals surface area contributed by atoms with Gasteiger partial charge in [-0.1, -0.05) is 11.6 Å². The Kier molecular flexibility index (Phi) is 4.37. The van der Waals surface area contributed by atoms with E-state index in [1.54, 1.807) is 0 Å². The molecule has 0 aromatic carbocycles. The third-order valence-electron chi connectivity index (χ3n) is 1.29. The van der Waals surface area contributed by atoms with Gasteiger partial charge in [-0.05, 0) is 20.3 Å². The van der Waals surface area contributed by atoms with E-state index in [4.69, 9.17) is 5.11 Å². The van der Waals surface area contributed by atoms with Crippen LogP contribution in [0.25, 0.3) is 0 Å². The van der Waals surface area contributed by atoms with Crippen LogP contribution < -0.4 is 5.32 Å². The molecule has 1 amide bonds. The Morgan fingerprint density at radius 3 is 2.70 bits per heavy atom. The molecule has 0 aliphatic carbocycles. The maximum Gasteiger partial charge on any atom is 0.404 e. The van der Waals surface area contributed by atoms with Gasteiger partial charge in [-0.3, -0.25) is 0 Å². The van der Waals surface area contributed by atoms with Gasteiger partial charge in [0.05, 0.1) is 0 Å². The first kappa shape index (κ1) is 9.01. The quantitative estimate of drug-likeness (QED) is 0.589. The van der Waals surface area contributed by atoms with E-state index < -0.39 is 6.09 Å². The predicted molar refractivity (Wildman–Crippen MR) is 40.1 cm³/mol. The fourth-order valence-electron chi connectivity index (χ4n) is 0.511. The standard InChI is InChI=1S/C7H13NO2/c1-3-6(2)4-5-8-7(9)10/h3,8H,4-5H2,1-2H3,(H,9,10)/b6-3+. The Balaban J connectivity index is 3.29. The molecule has 0 unspecified atom stereocenters. The number of nitrogens with one attached hydrogen (secondary N) is 1. The van der Waals surface area contributed by atoms with Gasteiger partial charge in [0.25, 0.3) is 0 Å². The van der Waals surface area contributed by atoms with Crippen molar-refractivity contribution in [3.8, 4) is 0 Å². The summed E-state index contributed by atoms with van der Waals surface area (Å²) in [5, 5.41) is 10.5. The zero-order chi connectivity index (χ0) is 7.98. The van der Waals surface area contributed by atoms with Crippen molar-refractivity contribution >= 4 is 6.09 Å². The maximum atomic E-state index is 9.94. The molecule has 58 valence electrons. The van der Waals surface area contributed by atoms with Crippen LogP contribution in [0.2, 0.25) is 0 Å². The molecule has 0 rings (SSSR count). The normalized spacial score (nSPS) is 11.2. The second kappa shape index (κ2) is 4.85. The average molecular weight is 143 g/mol.